The summed E-state index contributed by atoms with van der Waals surface area (Å²) in [6.45, 7) is 8.83. The highest BCUT2D eigenvalue weighted by Crippen LogP contribution is 2.29. The Bertz CT molecular complexity index is 764. The number of para-hydroxylation sites is 1. The van der Waals surface area contributed by atoms with Crippen molar-refractivity contribution < 1.29 is 9.59 Å². The lowest BCUT2D eigenvalue weighted by molar-refractivity contribution is 0.0948. The van der Waals surface area contributed by atoms with Gasteiger partial charge in [-0.25, -0.2) is 4.98 Å². The van der Waals surface area contributed by atoms with Gasteiger partial charge in [-0.2, -0.15) is 0 Å². The van der Waals surface area contributed by atoms with E-state index < -0.39 is 0 Å². The van der Waals surface area contributed by atoms with Crippen molar-refractivity contribution in [3.63, 3.8) is 0 Å². The molecule has 0 fully saturated rings. The highest BCUT2D eigenvalue weighted by atomic mass is 16.2. The highest BCUT2D eigenvalue weighted by molar-refractivity contribution is 6.04. The van der Waals surface area contributed by atoms with Crippen LogP contribution in [0.4, 0.5) is 5.69 Å². The Morgan fingerprint density at radius 3 is 2.24 bits per heavy atom. The number of carbonyl (C=O) groups excluding carboxylic acids is 2. The van der Waals surface area contributed by atoms with Gasteiger partial charge in [0.2, 0.25) is 0 Å². The molecule has 0 saturated carbocycles. The summed E-state index contributed by atoms with van der Waals surface area (Å²) in [6, 6.07) is 12.6. The Morgan fingerprint density at radius 2 is 1.60 bits per heavy atom. The SMILES string of the molecule is CCCNC(=O)c1cccc(C(=O)Nc2ccccc2C(C)(C)C)n1. The summed E-state index contributed by atoms with van der Waals surface area (Å²) >= 11 is 0. The lowest BCUT2D eigenvalue weighted by Gasteiger charge is -2.22. The van der Waals surface area contributed by atoms with Crippen LogP contribution in [-0.4, -0.2) is 23.3 Å². The van der Waals surface area contributed by atoms with E-state index in [0.29, 0.717) is 6.54 Å². The molecular weight excluding hydrogens is 314 g/mol. The summed E-state index contributed by atoms with van der Waals surface area (Å²) in [5.41, 5.74) is 2.15. The van der Waals surface area contributed by atoms with Gasteiger partial charge < -0.3 is 10.6 Å². The Balaban J connectivity index is 2.21. The van der Waals surface area contributed by atoms with E-state index in [0.717, 1.165) is 17.7 Å². The van der Waals surface area contributed by atoms with Gasteiger partial charge in [0, 0.05) is 12.2 Å². The Labute approximate surface area is 148 Å². The first-order valence-corrected chi connectivity index (χ1v) is 8.49. The first kappa shape index (κ1) is 18.6. The number of hydrogen-bond acceptors (Lipinski definition) is 3. The normalized spacial score (nSPS) is 11.0. The number of nitrogens with zero attached hydrogens (tertiary/aromatic N) is 1. The summed E-state index contributed by atoms with van der Waals surface area (Å²) in [5.74, 6) is -0.603. The number of benzene rings is 1. The van der Waals surface area contributed by atoms with E-state index in [2.05, 4.69) is 36.4 Å². The molecule has 132 valence electrons. The smallest absolute Gasteiger partial charge is 0.274 e. The molecule has 0 aliphatic heterocycles. The van der Waals surface area contributed by atoms with Gasteiger partial charge in [-0.1, -0.05) is 52.0 Å². The van der Waals surface area contributed by atoms with Crippen LogP contribution in [0.3, 0.4) is 0 Å². The molecule has 5 nitrogen and oxygen atoms in total. The number of hydrogen-bond donors (Lipinski definition) is 2. The molecule has 0 aliphatic rings. The van der Waals surface area contributed by atoms with Crippen LogP contribution in [0.25, 0.3) is 0 Å². The average molecular weight is 339 g/mol. The third-order valence-electron chi connectivity index (χ3n) is 3.73. The van der Waals surface area contributed by atoms with Crippen molar-refractivity contribution in [1.82, 2.24) is 10.3 Å². The molecule has 1 aromatic heterocycles. The molecule has 2 amide bonds. The third-order valence-corrected chi connectivity index (χ3v) is 3.73. The van der Waals surface area contributed by atoms with Gasteiger partial charge in [0.1, 0.15) is 11.4 Å². The van der Waals surface area contributed by atoms with E-state index in [1.165, 1.54) is 0 Å². The fourth-order valence-electron chi connectivity index (χ4n) is 2.45. The van der Waals surface area contributed by atoms with Crippen LogP contribution < -0.4 is 10.6 Å². The van der Waals surface area contributed by atoms with Crippen molar-refractivity contribution in [2.75, 3.05) is 11.9 Å². The van der Waals surface area contributed by atoms with Crippen molar-refractivity contribution in [1.29, 1.82) is 0 Å². The largest absolute Gasteiger partial charge is 0.351 e. The molecule has 0 spiro atoms. The zero-order valence-electron chi connectivity index (χ0n) is 15.2. The van der Waals surface area contributed by atoms with Crippen LogP contribution >= 0.6 is 0 Å². The van der Waals surface area contributed by atoms with Gasteiger partial charge in [0.15, 0.2) is 0 Å². The van der Waals surface area contributed by atoms with Crippen LogP contribution in [0.5, 0.6) is 0 Å². The quantitative estimate of drug-likeness (QED) is 0.871. The van der Waals surface area contributed by atoms with E-state index in [-0.39, 0.29) is 28.6 Å². The zero-order chi connectivity index (χ0) is 18.4. The predicted octanol–water partition coefficient (Wildman–Crippen LogP) is 3.77. The molecule has 0 atom stereocenters. The van der Waals surface area contributed by atoms with E-state index in [4.69, 9.17) is 0 Å². The maximum absolute atomic E-state index is 12.6. The number of aromatic nitrogens is 1. The minimum Gasteiger partial charge on any atom is -0.351 e. The number of rotatable bonds is 5. The Hall–Kier alpha value is -2.69. The van der Waals surface area contributed by atoms with Gasteiger partial charge in [-0.3, -0.25) is 9.59 Å². The molecule has 2 N–H and O–H groups in total. The summed E-state index contributed by atoms with van der Waals surface area (Å²) in [6.07, 6.45) is 0.843. The van der Waals surface area contributed by atoms with Crippen molar-refractivity contribution in [3.05, 3.63) is 59.4 Å². The van der Waals surface area contributed by atoms with Crippen LogP contribution in [0, 0.1) is 0 Å². The second kappa shape index (κ2) is 7.92. The number of nitrogens with one attached hydrogen (secondary N) is 2. The fraction of sp³-hybridized carbons (Fsp3) is 0.350. The fourth-order valence-corrected chi connectivity index (χ4v) is 2.45. The molecule has 25 heavy (non-hydrogen) atoms. The molecule has 1 heterocycles. The number of amides is 2. The van der Waals surface area contributed by atoms with E-state index in [1.54, 1.807) is 18.2 Å². The number of carbonyl (C=O) groups is 2. The molecule has 0 saturated heterocycles. The summed E-state index contributed by atoms with van der Waals surface area (Å²) in [7, 11) is 0. The van der Waals surface area contributed by atoms with Crippen molar-refractivity contribution in [2.24, 2.45) is 0 Å². The van der Waals surface area contributed by atoms with Crippen LogP contribution in [0.1, 0.15) is 60.7 Å². The lowest BCUT2D eigenvalue weighted by Crippen LogP contribution is -2.26. The predicted molar refractivity (Wildman–Crippen MR) is 100.0 cm³/mol. The zero-order valence-corrected chi connectivity index (χ0v) is 15.2. The summed E-state index contributed by atoms with van der Waals surface area (Å²) in [5, 5.41) is 5.67. The van der Waals surface area contributed by atoms with Gasteiger partial charge in [-0.05, 0) is 35.6 Å². The second-order valence-corrected chi connectivity index (χ2v) is 6.91. The van der Waals surface area contributed by atoms with Crippen molar-refractivity contribution in [2.45, 2.75) is 39.5 Å². The maximum Gasteiger partial charge on any atom is 0.274 e. The maximum atomic E-state index is 12.6. The first-order chi connectivity index (χ1) is 11.8. The van der Waals surface area contributed by atoms with E-state index in [1.807, 2.05) is 31.2 Å². The molecule has 0 radical (unpaired) electrons. The highest BCUT2D eigenvalue weighted by Gasteiger charge is 2.19. The average Bonchev–Trinajstić information content (AvgIpc) is 2.59. The van der Waals surface area contributed by atoms with Crippen molar-refractivity contribution in [3.8, 4) is 0 Å². The molecule has 1 aromatic carbocycles. The first-order valence-electron chi connectivity index (χ1n) is 8.49. The number of anilines is 1. The van der Waals surface area contributed by atoms with E-state index >= 15 is 0 Å². The molecular formula is C20H25N3O2. The molecule has 2 rings (SSSR count). The monoisotopic (exact) mass is 339 g/mol. The number of pyridine rings is 1. The second-order valence-electron chi connectivity index (χ2n) is 6.91. The lowest BCUT2D eigenvalue weighted by atomic mass is 9.86. The van der Waals surface area contributed by atoms with Crippen molar-refractivity contribution >= 4 is 17.5 Å². The molecule has 2 aromatic rings. The Morgan fingerprint density at radius 1 is 0.960 bits per heavy atom. The van der Waals surface area contributed by atoms with Gasteiger partial charge in [-0.15, -0.1) is 0 Å². The molecule has 0 bridgehead atoms. The molecule has 0 aliphatic carbocycles. The topological polar surface area (TPSA) is 71.1 Å². The van der Waals surface area contributed by atoms with Gasteiger partial charge in [0.05, 0.1) is 0 Å². The van der Waals surface area contributed by atoms with Gasteiger partial charge >= 0.3 is 0 Å². The Kier molecular flexibility index (Phi) is 5.91. The molecule has 5 heteroatoms. The van der Waals surface area contributed by atoms with Crippen LogP contribution in [0.15, 0.2) is 42.5 Å². The van der Waals surface area contributed by atoms with Crippen LogP contribution in [0.2, 0.25) is 0 Å². The van der Waals surface area contributed by atoms with Crippen LogP contribution in [-0.2, 0) is 5.41 Å². The standard InChI is InChI=1S/C20H25N3O2/c1-5-13-21-18(24)16-11-8-12-17(22-16)19(25)23-15-10-7-6-9-14(15)20(2,3)4/h6-12H,5,13H2,1-4H3,(H,21,24)(H,23,25). The minimum atomic E-state index is -0.332. The summed E-state index contributed by atoms with van der Waals surface area (Å²) in [4.78, 5) is 28.8. The minimum absolute atomic E-state index is 0.0980. The van der Waals surface area contributed by atoms with E-state index in [9.17, 15) is 9.59 Å². The van der Waals surface area contributed by atoms with Gasteiger partial charge in [0.25, 0.3) is 11.8 Å². The molecule has 0 unspecified atom stereocenters. The third kappa shape index (κ3) is 4.89. The summed E-state index contributed by atoms with van der Waals surface area (Å²) < 4.78 is 0.